The van der Waals surface area contributed by atoms with Gasteiger partial charge in [-0.3, -0.25) is 14.9 Å². The molecule has 0 aromatic heterocycles. The van der Waals surface area contributed by atoms with Crippen LogP contribution in [0.4, 0.5) is 5.69 Å². The lowest BCUT2D eigenvalue weighted by atomic mass is 9.94. The number of hydrogen-bond acceptors (Lipinski definition) is 4. The molecule has 1 saturated carbocycles. The number of carbonyl (C=O) groups is 1. The van der Waals surface area contributed by atoms with E-state index in [2.05, 4.69) is 0 Å². The third-order valence-electron chi connectivity index (χ3n) is 4.69. The predicted octanol–water partition coefficient (Wildman–Crippen LogP) is 2.71. The van der Waals surface area contributed by atoms with Crippen LogP contribution < -0.4 is 5.73 Å². The van der Waals surface area contributed by atoms with Gasteiger partial charge in [0.2, 0.25) is 5.91 Å². The number of non-ortho nitro benzene ring substituents is 1. The zero-order chi connectivity index (χ0) is 17.0. The average molecular weight is 319 g/mol. The number of nitrogens with zero attached hydrogens (tertiary/aromatic N) is 2. The van der Waals surface area contributed by atoms with Crippen LogP contribution in [0, 0.1) is 22.0 Å². The standard InChI is InChI=1S/C17H25N3O3/c1-12(2)19(17(21)16-5-3-4-14(16)10-18)11-13-6-8-15(9-7-13)20(22)23/h6-9,12,14,16H,3-5,10-11,18H2,1-2H3/t14-,16-/m1/s1. The smallest absolute Gasteiger partial charge is 0.269 e. The Morgan fingerprint density at radius 3 is 2.52 bits per heavy atom. The number of nitrogens with two attached hydrogens (primary N) is 1. The van der Waals surface area contributed by atoms with Crippen molar-refractivity contribution in [2.75, 3.05) is 6.54 Å². The van der Waals surface area contributed by atoms with Gasteiger partial charge >= 0.3 is 0 Å². The number of rotatable bonds is 6. The summed E-state index contributed by atoms with van der Waals surface area (Å²) in [5.74, 6) is 0.451. The molecule has 0 saturated heterocycles. The Bertz CT molecular complexity index is 557. The predicted molar refractivity (Wildman–Crippen MR) is 88.7 cm³/mol. The van der Waals surface area contributed by atoms with E-state index in [1.165, 1.54) is 12.1 Å². The van der Waals surface area contributed by atoms with E-state index in [-0.39, 0.29) is 29.5 Å². The van der Waals surface area contributed by atoms with Crippen LogP contribution in [-0.2, 0) is 11.3 Å². The summed E-state index contributed by atoms with van der Waals surface area (Å²) in [7, 11) is 0. The van der Waals surface area contributed by atoms with Crippen LogP contribution >= 0.6 is 0 Å². The van der Waals surface area contributed by atoms with Gasteiger partial charge in [0.25, 0.3) is 5.69 Å². The fourth-order valence-electron chi connectivity index (χ4n) is 3.29. The summed E-state index contributed by atoms with van der Waals surface area (Å²) in [6.45, 7) is 5.02. The maximum atomic E-state index is 12.9. The first-order chi connectivity index (χ1) is 10.9. The van der Waals surface area contributed by atoms with Crippen LogP contribution in [0.25, 0.3) is 0 Å². The number of amides is 1. The van der Waals surface area contributed by atoms with Crippen molar-refractivity contribution in [3.8, 4) is 0 Å². The first kappa shape index (κ1) is 17.4. The maximum Gasteiger partial charge on any atom is 0.269 e. The van der Waals surface area contributed by atoms with Crippen LogP contribution in [-0.4, -0.2) is 28.3 Å². The molecule has 1 aromatic carbocycles. The normalized spacial score (nSPS) is 20.7. The third-order valence-corrected chi connectivity index (χ3v) is 4.69. The van der Waals surface area contributed by atoms with Gasteiger partial charge < -0.3 is 10.6 Å². The Morgan fingerprint density at radius 1 is 1.35 bits per heavy atom. The van der Waals surface area contributed by atoms with Crippen molar-refractivity contribution in [1.82, 2.24) is 4.90 Å². The van der Waals surface area contributed by atoms with Crippen LogP contribution in [0.2, 0.25) is 0 Å². The molecule has 1 amide bonds. The van der Waals surface area contributed by atoms with Gasteiger partial charge in [-0.1, -0.05) is 18.6 Å². The number of hydrogen-bond donors (Lipinski definition) is 1. The van der Waals surface area contributed by atoms with E-state index in [0.717, 1.165) is 24.8 Å². The Balaban J connectivity index is 2.12. The van der Waals surface area contributed by atoms with Crippen LogP contribution in [0.5, 0.6) is 0 Å². The van der Waals surface area contributed by atoms with Gasteiger partial charge in [-0.25, -0.2) is 0 Å². The molecule has 2 N–H and O–H groups in total. The van der Waals surface area contributed by atoms with E-state index in [4.69, 9.17) is 5.73 Å². The minimum absolute atomic E-state index is 0.0143. The minimum Gasteiger partial charge on any atom is -0.336 e. The fraction of sp³-hybridized carbons (Fsp3) is 0.588. The number of carbonyl (C=O) groups excluding carboxylic acids is 1. The summed E-state index contributed by atoms with van der Waals surface area (Å²) >= 11 is 0. The Labute approximate surface area is 136 Å². The molecule has 23 heavy (non-hydrogen) atoms. The number of nitro benzene ring substituents is 1. The molecule has 0 aliphatic heterocycles. The van der Waals surface area contributed by atoms with Crippen molar-refractivity contribution >= 4 is 11.6 Å². The van der Waals surface area contributed by atoms with Crippen molar-refractivity contribution in [3.05, 3.63) is 39.9 Å². The molecule has 0 bridgehead atoms. The summed E-state index contributed by atoms with van der Waals surface area (Å²) < 4.78 is 0. The van der Waals surface area contributed by atoms with E-state index < -0.39 is 4.92 Å². The van der Waals surface area contributed by atoms with Crippen LogP contribution in [0.15, 0.2) is 24.3 Å². The van der Waals surface area contributed by atoms with Gasteiger partial charge in [0.15, 0.2) is 0 Å². The highest BCUT2D eigenvalue weighted by Crippen LogP contribution is 2.33. The molecule has 0 heterocycles. The van der Waals surface area contributed by atoms with E-state index in [0.29, 0.717) is 13.1 Å². The van der Waals surface area contributed by atoms with Crippen molar-refractivity contribution in [1.29, 1.82) is 0 Å². The molecule has 1 aliphatic carbocycles. The molecule has 1 fully saturated rings. The molecule has 2 atom stereocenters. The third kappa shape index (κ3) is 4.07. The summed E-state index contributed by atoms with van der Waals surface area (Å²) in [6.07, 6.45) is 2.99. The molecule has 0 spiro atoms. The van der Waals surface area contributed by atoms with Gasteiger partial charge in [0.1, 0.15) is 0 Å². The fourth-order valence-corrected chi connectivity index (χ4v) is 3.29. The molecule has 0 unspecified atom stereocenters. The van der Waals surface area contributed by atoms with Crippen LogP contribution in [0.3, 0.4) is 0 Å². The second-order valence-electron chi connectivity index (χ2n) is 6.52. The van der Waals surface area contributed by atoms with E-state index in [9.17, 15) is 14.9 Å². The molecule has 2 rings (SSSR count). The largest absolute Gasteiger partial charge is 0.336 e. The second kappa shape index (κ2) is 7.55. The van der Waals surface area contributed by atoms with Gasteiger partial charge in [-0.05, 0) is 44.7 Å². The summed E-state index contributed by atoms with van der Waals surface area (Å²) in [5, 5.41) is 10.7. The van der Waals surface area contributed by atoms with Crippen molar-refractivity contribution in [2.45, 2.75) is 45.7 Å². The first-order valence-electron chi connectivity index (χ1n) is 8.18. The molecule has 0 radical (unpaired) electrons. The lowest BCUT2D eigenvalue weighted by molar-refractivity contribution is -0.384. The summed E-state index contributed by atoms with van der Waals surface area (Å²) in [4.78, 5) is 25.1. The Hall–Kier alpha value is -1.95. The van der Waals surface area contributed by atoms with E-state index in [1.54, 1.807) is 12.1 Å². The van der Waals surface area contributed by atoms with Crippen LogP contribution in [0.1, 0.15) is 38.7 Å². The Kier molecular flexibility index (Phi) is 5.71. The van der Waals surface area contributed by atoms with Gasteiger partial charge in [-0.15, -0.1) is 0 Å². The molecule has 1 aliphatic rings. The van der Waals surface area contributed by atoms with Crippen molar-refractivity contribution in [2.24, 2.45) is 17.6 Å². The molecular formula is C17H25N3O3. The van der Waals surface area contributed by atoms with Gasteiger partial charge in [0.05, 0.1) is 4.92 Å². The number of benzene rings is 1. The SMILES string of the molecule is CC(C)N(Cc1ccc([N+](=O)[O-])cc1)C(=O)[C@@H]1CCC[C@@H]1CN. The lowest BCUT2D eigenvalue weighted by Crippen LogP contribution is -2.42. The van der Waals surface area contributed by atoms with Crippen molar-refractivity contribution < 1.29 is 9.72 Å². The zero-order valence-corrected chi connectivity index (χ0v) is 13.8. The Morgan fingerprint density at radius 2 is 2.00 bits per heavy atom. The molecule has 126 valence electrons. The summed E-state index contributed by atoms with van der Waals surface area (Å²) in [5.41, 5.74) is 6.77. The van der Waals surface area contributed by atoms with E-state index in [1.807, 2.05) is 18.7 Å². The molecule has 6 nitrogen and oxygen atoms in total. The zero-order valence-electron chi connectivity index (χ0n) is 13.8. The van der Waals surface area contributed by atoms with Gasteiger partial charge in [-0.2, -0.15) is 0 Å². The molecular weight excluding hydrogens is 294 g/mol. The highest BCUT2D eigenvalue weighted by atomic mass is 16.6. The first-order valence-corrected chi connectivity index (χ1v) is 8.18. The minimum atomic E-state index is -0.417. The highest BCUT2D eigenvalue weighted by molar-refractivity contribution is 5.79. The molecule has 6 heteroatoms. The summed E-state index contributed by atoms with van der Waals surface area (Å²) in [6, 6.07) is 6.48. The van der Waals surface area contributed by atoms with Gasteiger partial charge in [0, 0.05) is 30.6 Å². The van der Waals surface area contributed by atoms with E-state index >= 15 is 0 Å². The lowest BCUT2D eigenvalue weighted by Gasteiger charge is -2.31. The molecule has 1 aromatic rings. The quantitative estimate of drug-likeness (QED) is 0.645. The number of nitro groups is 1. The topological polar surface area (TPSA) is 89.5 Å². The maximum absolute atomic E-state index is 12.9. The monoisotopic (exact) mass is 319 g/mol. The van der Waals surface area contributed by atoms with Crippen molar-refractivity contribution in [3.63, 3.8) is 0 Å². The highest BCUT2D eigenvalue weighted by Gasteiger charge is 2.35. The second-order valence-corrected chi connectivity index (χ2v) is 6.52. The average Bonchev–Trinajstić information content (AvgIpc) is 3.00.